The number of unbranched alkanes of at least 4 members (excludes halogenated alkanes) is 1. The SMILES string of the molecule is CC(=O)NCCc1nc2ccccc2n1CCCCOc1ccc(C)c(C)c1. The first-order valence-electron chi connectivity index (χ1n) is 9.93. The summed E-state index contributed by atoms with van der Waals surface area (Å²) < 4.78 is 8.17. The number of nitrogens with zero attached hydrogens (tertiary/aromatic N) is 2. The molecule has 28 heavy (non-hydrogen) atoms. The topological polar surface area (TPSA) is 56.2 Å². The lowest BCUT2D eigenvalue weighted by atomic mass is 10.1. The summed E-state index contributed by atoms with van der Waals surface area (Å²) in [5.74, 6) is 1.95. The van der Waals surface area contributed by atoms with Crippen molar-refractivity contribution in [3.8, 4) is 5.75 Å². The van der Waals surface area contributed by atoms with E-state index >= 15 is 0 Å². The maximum Gasteiger partial charge on any atom is 0.216 e. The summed E-state index contributed by atoms with van der Waals surface area (Å²) in [6, 6.07) is 14.4. The second kappa shape index (κ2) is 9.40. The molecule has 0 bridgehead atoms. The highest BCUT2D eigenvalue weighted by Gasteiger charge is 2.10. The van der Waals surface area contributed by atoms with E-state index < -0.39 is 0 Å². The fraction of sp³-hybridized carbons (Fsp3) is 0.391. The van der Waals surface area contributed by atoms with Gasteiger partial charge < -0.3 is 14.6 Å². The van der Waals surface area contributed by atoms with E-state index in [-0.39, 0.29) is 5.91 Å². The number of aryl methyl sites for hydroxylation is 3. The number of rotatable bonds is 9. The summed E-state index contributed by atoms with van der Waals surface area (Å²) in [4.78, 5) is 15.9. The quantitative estimate of drug-likeness (QED) is 0.567. The van der Waals surface area contributed by atoms with Gasteiger partial charge in [0.25, 0.3) is 0 Å². The zero-order valence-electron chi connectivity index (χ0n) is 17.0. The number of imidazole rings is 1. The second-order valence-electron chi connectivity index (χ2n) is 7.20. The van der Waals surface area contributed by atoms with Gasteiger partial charge in [0.15, 0.2) is 0 Å². The molecule has 5 nitrogen and oxygen atoms in total. The molecule has 1 N–H and O–H groups in total. The van der Waals surface area contributed by atoms with Gasteiger partial charge in [-0.3, -0.25) is 4.79 Å². The Labute approximate surface area is 166 Å². The van der Waals surface area contributed by atoms with E-state index in [0.717, 1.165) is 48.4 Å². The summed E-state index contributed by atoms with van der Waals surface area (Å²) in [5, 5.41) is 2.86. The standard InChI is InChI=1S/C23H29N3O2/c1-17-10-11-20(16-18(17)2)28-15-7-6-14-26-22-9-5-4-8-21(22)25-23(26)12-13-24-19(3)27/h4-5,8-11,16H,6-7,12-15H2,1-3H3,(H,24,27). The first-order chi connectivity index (χ1) is 13.5. The van der Waals surface area contributed by atoms with Gasteiger partial charge in [-0.15, -0.1) is 0 Å². The fourth-order valence-corrected chi connectivity index (χ4v) is 3.28. The third kappa shape index (κ3) is 5.12. The van der Waals surface area contributed by atoms with E-state index in [0.29, 0.717) is 13.2 Å². The van der Waals surface area contributed by atoms with E-state index in [1.807, 2.05) is 24.3 Å². The van der Waals surface area contributed by atoms with Crippen LogP contribution < -0.4 is 10.1 Å². The van der Waals surface area contributed by atoms with Crippen LogP contribution in [0.25, 0.3) is 11.0 Å². The molecule has 148 valence electrons. The molecule has 0 atom stereocenters. The van der Waals surface area contributed by atoms with Gasteiger partial charge in [-0.1, -0.05) is 18.2 Å². The molecule has 0 spiro atoms. The number of nitrogens with one attached hydrogen (secondary N) is 1. The molecule has 0 radical (unpaired) electrons. The van der Waals surface area contributed by atoms with Crippen molar-refractivity contribution in [1.82, 2.24) is 14.9 Å². The summed E-state index contributed by atoms with van der Waals surface area (Å²) in [6.45, 7) is 7.96. The molecule has 3 rings (SSSR count). The molecule has 5 heteroatoms. The Morgan fingerprint density at radius 1 is 1.11 bits per heavy atom. The van der Waals surface area contributed by atoms with Crippen LogP contribution in [-0.2, 0) is 17.8 Å². The average molecular weight is 380 g/mol. The van der Waals surface area contributed by atoms with Gasteiger partial charge in [0.1, 0.15) is 11.6 Å². The van der Waals surface area contributed by atoms with E-state index in [1.165, 1.54) is 11.1 Å². The molecule has 0 saturated heterocycles. The van der Waals surface area contributed by atoms with Gasteiger partial charge in [-0.2, -0.15) is 0 Å². The van der Waals surface area contributed by atoms with Crippen LogP contribution in [-0.4, -0.2) is 28.6 Å². The third-order valence-electron chi connectivity index (χ3n) is 4.98. The van der Waals surface area contributed by atoms with Crippen molar-refractivity contribution in [1.29, 1.82) is 0 Å². The van der Waals surface area contributed by atoms with Crippen molar-refractivity contribution in [3.63, 3.8) is 0 Å². The highest BCUT2D eigenvalue weighted by atomic mass is 16.5. The summed E-state index contributed by atoms with van der Waals surface area (Å²) in [7, 11) is 0. The lowest BCUT2D eigenvalue weighted by Crippen LogP contribution is -2.23. The Morgan fingerprint density at radius 2 is 1.93 bits per heavy atom. The van der Waals surface area contributed by atoms with Crippen LogP contribution in [0.2, 0.25) is 0 Å². The Balaban J connectivity index is 1.56. The van der Waals surface area contributed by atoms with Crippen LogP contribution in [0.4, 0.5) is 0 Å². The van der Waals surface area contributed by atoms with Crippen LogP contribution in [0.15, 0.2) is 42.5 Å². The molecule has 1 heterocycles. The third-order valence-corrected chi connectivity index (χ3v) is 4.98. The number of hydrogen-bond acceptors (Lipinski definition) is 3. The molecule has 3 aromatic rings. The maximum atomic E-state index is 11.1. The summed E-state index contributed by atoms with van der Waals surface area (Å²) >= 11 is 0. The Morgan fingerprint density at radius 3 is 2.71 bits per heavy atom. The number of carbonyl (C=O) groups excluding carboxylic acids is 1. The molecule has 1 aromatic heterocycles. The van der Waals surface area contributed by atoms with Gasteiger partial charge in [-0.25, -0.2) is 4.98 Å². The van der Waals surface area contributed by atoms with E-state index in [2.05, 4.69) is 41.9 Å². The monoisotopic (exact) mass is 379 g/mol. The number of aromatic nitrogens is 2. The van der Waals surface area contributed by atoms with E-state index in [4.69, 9.17) is 9.72 Å². The highest BCUT2D eigenvalue weighted by Crippen LogP contribution is 2.19. The number of carbonyl (C=O) groups is 1. The van der Waals surface area contributed by atoms with Crippen molar-refractivity contribution < 1.29 is 9.53 Å². The van der Waals surface area contributed by atoms with Crippen molar-refractivity contribution in [2.75, 3.05) is 13.2 Å². The zero-order chi connectivity index (χ0) is 19.9. The van der Waals surface area contributed by atoms with Gasteiger partial charge >= 0.3 is 0 Å². The molecule has 1 amide bonds. The van der Waals surface area contributed by atoms with Gasteiger partial charge in [0.05, 0.1) is 17.6 Å². The minimum atomic E-state index is -0.00819. The van der Waals surface area contributed by atoms with Crippen molar-refractivity contribution >= 4 is 16.9 Å². The number of hydrogen-bond donors (Lipinski definition) is 1. The summed E-state index contributed by atoms with van der Waals surface area (Å²) in [5.41, 5.74) is 4.69. The van der Waals surface area contributed by atoms with Crippen molar-refractivity contribution in [2.24, 2.45) is 0 Å². The smallest absolute Gasteiger partial charge is 0.216 e. The molecule has 0 aliphatic carbocycles. The second-order valence-corrected chi connectivity index (χ2v) is 7.20. The zero-order valence-corrected chi connectivity index (χ0v) is 17.0. The van der Waals surface area contributed by atoms with Crippen LogP contribution in [0, 0.1) is 13.8 Å². The molecule has 0 unspecified atom stereocenters. The fourth-order valence-electron chi connectivity index (χ4n) is 3.28. The molecule has 0 aliphatic rings. The lowest BCUT2D eigenvalue weighted by Gasteiger charge is -2.11. The predicted octanol–water partition coefficient (Wildman–Crippen LogP) is 4.19. The van der Waals surface area contributed by atoms with Gasteiger partial charge in [0.2, 0.25) is 5.91 Å². The number of ether oxygens (including phenoxy) is 1. The normalized spacial score (nSPS) is 11.0. The first-order valence-corrected chi connectivity index (χ1v) is 9.93. The van der Waals surface area contributed by atoms with Gasteiger partial charge in [0, 0.05) is 26.4 Å². The Hall–Kier alpha value is -2.82. The minimum absolute atomic E-state index is 0.00819. The Bertz CT molecular complexity index is 946. The maximum absolute atomic E-state index is 11.1. The first kappa shape index (κ1) is 19.9. The van der Waals surface area contributed by atoms with Crippen LogP contribution in [0.5, 0.6) is 5.75 Å². The Kier molecular flexibility index (Phi) is 6.69. The number of benzene rings is 2. The van der Waals surface area contributed by atoms with Crippen LogP contribution >= 0.6 is 0 Å². The number of amides is 1. The highest BCUT2D eigenvalue weighted by molar-refractivity contribution is 5.76. The molecule has 2 aromatic carbocycles. The molecule has 0 saturated carbocycles. The summed E-state index contributed by atoms with van der Waals surface area (Å²) in [6.07, 6.45) is 2.72. The van der Waals surface area contributed by atoms with E-state index in [1.54, 1.807) is 6.92 Å². The molecule has 0 aliphatic heterocycles. The average Bonchev–Trinajstić information content (AvgIpc) is 3.01. The van der Waals surface area contributed by atoms with Crippen molar-refractivity contribution in [2.45, 2.75) is 46.6 Å². The molecule has 0 fully saturated rings. The van der Waals surface area contributed by atoms with Crippen LogP contribution in [0.3, 0.4) is 0 Å². The van der Waals surface area contributed by atoms with Crippen LogP contribution in [0.1, 0.15) is 36.7 Å². The minimum Gasteiger partial charge on any atom is -0.494 e. The molecular weight excluding hydrogens is 350 g/mol. The largest absolute Gasteiger partial charge is 0.494 e. The predicted molar refractivity (Wildman–Crippen MR) is 113 cm³/mol. The lowest BCUT2D eigenvalue weighted by molar-refractivity contribution is -0.118. The van der Waals surface area contributed by atoms with Gasteiger partial charge in [-0.05, 0) is 62.1 Å². The van der Waals surface area contributed by atoms with Crippen molar-refractivity contribution in [3.05, 3.63) is 59.4 Å². The number of fused-ring (bicyclic) bond motifs is 1. The molecular formula is C23H29N3O2. The number of para-hydroxylation sites is 2. The van der Waals surface area contributed by atoms with E-state index in [9.17, 15) is 4.79 Å².